The standard InChI is InChI=1S/C41H37NO10/c1-26(45-22-36-24-47-36)28-6-14-34(15-7-28)51-40(43)30-10-18-32(19-11-30)49-38-4-3-5-39(42-38)50-33-20-12-31(13-21-33)41(44)52-35-16-8-29(9-17-35)27(2)46-23-37-25-48-37/h3-21,26-27,36-37H,22-25H2,1-2H3. The van der Waals surface area contributed by atoms with E-state index in [9.17, 15) is 9.59 Å². The molecule has 11 heteroatoms. The highest BCUT2D eigenvalue weighted by molar-refractivity contribution is 5.91. The minimum absolute atomic E-state index is 0.0913. The van der Waals surface area contributed by atoms with Crippen molar-refractivity contribution >= 4 is 11.9 Å². The van der Waals surface area contributed by atoms with Crippen molar-refractivity contribution in [2.75, 3.05) is 26.4 Å². The number of carbonyl (C=O) groups excluding carboxylic acids is 2. The molecular weight excluding hydrogens is 666 g/mol. The van der Waals surface area contributed by atoms with Crippen LogP contribution in [0.4, 0.5) is 0 Å². The lowest BCUT2D eigenvalue weighted by Crippen LogP contribution is -2.09. The molecule has 4 aromatic carbocycles. The van der Waals surface area contributed by atoms with Crippen LogP contribution in [0.3, 0.4) is 0 Å². The van der Waals surface area contributed by atoms with Gasteiger partial charge in [-0.1, -0.05) is 30.3 Å². The van der Waals surface area contributed by atoms with E-state index in [1.807, 2.05) is 38.1 Å². The summed E-state index contributed by atoms with van der Waals surface area (Å²) in [7, 11) is 0. The predicted molar refractivity (Wildman–Crippen MR) is 188 cm³/mol. The average Bonchev–Trinajstić information content (AvgIpc) is 4.11. The van der Waals surface area contributed by atoms with Gasteiger partial charge in [0.15, 0.2) is 0 Å². The van der Waals surface area contributed by atoms with Crippen molar-refractivity contribution in [2.24, 2.45) is 0 Å². The zero-order valence-electron chi connectivity index (χ0n) is 28.6. The number of ether oxygens (including phenoxy) is 8. The van der Waals surface area contributed by atoms with Crippen LogP contribution < -0.4 is 18.9 Å². The Morgan fingerprint density at radius 3 is 1.31 bits per heavy atom. The molecule has 0 N–H and O–H groups in total. The van der Waals surface area contributed by atoms with Crippen molar-refractivity contribution in [3.8, 4) is 34.8 Å². The van der Waals surface area contributed by atoms with Gasteiger partial charge in [0.2, 0.25) is 11.8 Å². The van der Waals surface area contributed by atoms with Crippen molar-refractivity contribution in [1.29, 1.82) is 0 Å². The monoisotopic (exact) mass is 703 g/mol. The number of epoxide rings is 2. The summed E-state index contributed by atoms with van der Waals surface area (Å²) in [6.07, 6.45) is 0.217. The van der Waals surface area contributed by atoms with Crippen LogP contribution in [0.25, 0.3) is 0 Å². The summed E-state index contributed by atoms with van der Waals surface area (Å²) in [6, 6.07) is 32.7. The molecule has 2 saturated heterocycles. The first-order valence-electron chi connectivity index (χ1n) is 17.0. The van der Waals surface area contributed by atoms with Gasteiger partial charge in [0.05, 0.1) is 49.8 Å². The van der Waals surface area contributed by atoms with Crippen LogP contribution in [-0.4, -0.2) is 55.6 Å². The molecule has 2 fully saturated rings. The molecule has 266 valence electrons. The molecule has 5 aromatic rings. The second kappa shape index (κ2) is 16.2. The third-order valence-electron chi connectivity index (χ3n) is 8.31. The number of hydrogen-bond donors (Lipinski definition) is 0. The first-order chi connectivity index (χ1) is 25.3. The van der Waals surface area contributed by atoms with Crippen LogP contribution in [0.15, 0.2) is 115 Å². The fourth-order valence-corrected chi connectivity index (χ4v) is 5.04. The molecule has 52 heavy (non-hydrogen) atoms. The van der Waals surface area contributed by atoms with Gasteiger partial charge in [-0.25, -0.2) is 9.59 Å². The van der Waals surface area contributed by atoms with Crippen LogP contribution in [0.2, 0.25) is 0 Å². The summed E-state index contributed by atoms with van der Waals surface area (Å²) < 4.78 is 44.8. The fraction of sp³-hybridized carbons (Fsp3) is 0.244. The summed E-state index contributed by atoms with van der Waals surface area (Å²) in [5, 5.41) is 0. The molecule has 7 rings (SSSR count). The normalized spacial score (nSPS) is 17.0. The van der Waals surface area contributed by atoms with Crippen LogP contribution in [-0.2, 0) is 18.9 Å². The second-order valence-corrected chi connectivity index (χ2v) is 12.3. The van der Waals surface area contributed by atoms with E-state index in [0.29, 0.717) is 59.1 Å². The predicted octanol–water partition coefficient (Wildman–Crippen LogP) is 8.06. The van der Waals surface area contributed by atoms with Crippen molar-refractivity contribution in [3.05, 3.63) is 138 Å². The van der Waals surface area contributed by atoms with E-state index in [-0.39, 0.29) is 24.4 Å². The molecule has 11 nitrogen and oxygen atoms in total. The highest BCUT2D eigenvalue weighted by atomic mass is 16.6. The SMILES string of the molecule is CC(OCC1CO1)c1ccc(OC(=O)c2ccc(Oc3cccc(Oc4ccc(C(=O)Oc5ccc(C(C)OCC6CO6)cc5)cc4)n3)cc2)cc1. The van der Waals surface area contributed by atoms with Gasteiger partial charge in [-0.15, -0.1) is 0 Å². The molecular formula is C41H37NO10. The van der Waals surface area contributed by atoms with Gasteiger partial charge in [0, 0.05) is 12.1 Å². The van der Waals surface area contributed by atoms with Crippen molar-refractivity contribution in [2.45, 2.75) is 38.3 Å². The Hall–Kier alpha value is -5.59. The number of carbonyl (C=O) groups is 2. The minimum atomic E-state index is -0.493. The molecule has 1 aromatic heterocycles. The molecule has 4 atom stereocenters. The van der Waals surface area contributed by atoms with Gasteiger partial charge >= 0.3 is 11.9 Å². The smallest absolute Gasteiger partial charge is 0.343 e. The van der Waals surface area contributed by atoms with E-state index in [2.05, 4.69) is 4.98 Å². The summed E-state index contributed by atoms with van der Waals surface area (Å²) in [6.45, 7) is 6.57. The zero-order valence-corrected chi connectivity index (χ0v) is 28.6. The van der Waals surface area contributed by atoms with E-state index in [4.69, 9.17) is 37.9 Å². The lowest BCUT2D eigenvalue weighted by molar-refractivity contribution is 0.0538. The number of nitrogens with zero attached hydrogens (tertiary/aromatic N) is 1. The largest absolute Gasteiger partial charge is 0.439 e. The number of benzene rings is 4. The Kier molecular flexibility index (Phi) is 10.8. The van der Waals surface area contributed by atoms with E-state index in [1.165, 1.54) is 0 Å². The molecule has 3 heterocycles. The van der Waals surface area contributed by atoms with Crippen LogP contribution in [0, 0.1) is 0 Å². The highest BCUT2D eigenvalue weighted by Gasteiger charge is 2.24. The number of rotatable bonds is 16. The molecule has 0 radical (unpaired) electrons. The molecule has 0 spiro atoms. The third kappa shape index (κ3) is 9.80. The van der Waals surface area contributed by atoms with E-state index >= 15 is 0 Å². The number of pyridine rings is 1. The topological polar surface area (TPSA) is 127 Å². The number of aromatic nitrogens is 1. The Morgan fingerprint density at radius 1 is 0.577 bits per heavy atom. The van der Waals surface area contributed by atoms with Gasteiger partial charge in [0.1, 0.15) is 35.2 Å². The van der Waals surface area contributed by atoms with E-state index in [0.717, 1.165) is 24.3 Å². The van der Waals surface area contributed by atoms with Gasteiger partial charge in [-0.05, 0) is 97.8 Å². The molecule has 2 aliphatic rings. The lowest BCUT2D eigenvalue weighted by atomic mass is 10.1. The Morgan fingerprint density at radius 2 is 0.942 bits per heavy atom. The van der Waals surface area contributed by atoms with Crippen LogP contribution >= 0.6 is 0 Å². The van der Waals surface area contributed by atoms with Gasteiger partial charge in [-0.3, -0.25) is 0 Å². The zero-order chi connectivity index (χ0) is 35.9. The number of esters is 2. The van der Waals surface area contributed by atoms with Gasteiger partial charge < -0.3 is 37.9 Å². The summed E-state index contributed by atoms with van der Waals surface area (Å²) >= 11 is 0. The minimum Gasteiger partial charge on any atom is -0.439 e. The Labute approximate surface area is 300 Å². The quantitative estimate of drug-likeness (QED) is 0.0563. The molecule has 0 bridgehead atoms. The summed E-state index contributed by atoms with van der Waals surface area (Å²) in [5.74, 6) is 1.40. The molecule has 0 aliphatic carbocycles. The highest BCUT2D eigenvalue weighted by Crippen LogP contribution is 2.28. The first-order valence-corrected chi connectivity index (χ1v) is 17.0. The van der Waals surface area contributed by atoms with E-state index in [1.54, 1.807) is 91.0 Å². The van der Waals surface area contributed by atoms with Crippen molar-refractivity contribution in [3.63, 3.8) is 0 Å². The molecule has 2 aliphatic heterocycles. The molecule has 0 saturated carbocycles. The summed E-state index contributed by atoms with van der Waals surface area (Å²) in [5.41, 5.74) is 2.69. The van der Waals surface area contributed by atoms with Gasteiger partial charge in [0.25, 0.3) is 0 Å². The van der Waals surface area contributed by atoms with Crippen LogP contribution in [0.5, 0.6) is 34.8 Å². The third-order valence-corrected chi connectivity index (χ3v) is 8.31. The average molecular weight is 704 g/mol. The molecule has 0 amide bonds. The maximum absolute atomic E-state index is 12.8. The van der Waals surface area contributed by atoms with Crippen molar-refractivity contribution < 1.29 is 47.5 Å². The number of hydrogen-bond acceptors (Lipinski definition) is 11. The second-order valence-electron chi connectivity index (χ2n) is 12.3. The Balaban J connectivity index is 0.877. The molecule has 4 unspecified atom stereocenters. The summed E-state index contributed by atoms with van der Waals surface area (Å²) in [4.78, 5) is 29.9. The lowest BCUT2D eigenvalue weighted by Gasteiger charge is -2.13. The maximum Gasteiger partial charge on any atom is 0.343 e. The Bertz CT molecular complexity index is 1820. The van der Waals surface area contributed by atoms with Gasteiger partial charge in [-0.2, -0.15) is 4.98 Å². The first kappa shape index (κ1) is 34.8. The maximum atomic E-state index is 12.8. The van der Waals surface area contributed by atoms with Crippen molar-refractivity contribution in [1.82, 2.24) is 4.98 Å². The van der Waals surface area contributed by atoms with E-state index < -0.39 is 11.9 Å². The van der Waals surface area contributed by atoms with Crippen LogP contribution in [0.1, 0.15) is 57.9 Å². The fourth-order valence-electron chi connectivity index (χ4n) is 5.04.